The number of nitrogens with zero attached hydrogens (tertiary/aromatic N) is 1. The normalized spacial score (nSPS) is 23.1. The van der Waals surface area contributed by atoms with E-state index in [4.69, 9.17) is 9.47 Å². The van der Waals surface area contributed by atoms with Gasteiger partial charge in [0.15, 0.2) is 5.96 Å². The molecule has 0 aromatic rings. The second-order valence-electron chi connectivity index (χ2n) is 5.57. The SMILES string of the molecule is CCCCOCCCNC(=NC)NCC1(C)CCCO1. The second kappa shape index (κ2) is 10.00. The van der Waals surface area contributed by atoms with Crippen LogP contribution in [0.25, 0.3) is 0 Å². The Morgan fingerprint density at radius 2 is 2.10 bits per heavy atom. The molecular formula is C15H31N3O2. The number of unbranched alkanes of at least 4 members (excludes halogenated alkanes) is 1. The molecule has 5 nitrogen and oxygen atoms in total. The van der Waals surface area contributed by atoms with Gasteiger partial charge in [-0.25, -0.2) is 0 Å². The van der Waals surface area contributed by atoms with Crippen LogP contribution in [0.3, 0.4) is 0 Å². The number of rotatable bonds is 9. The maximum atomic E-state index is 5.75. The van der Waals surface area contributed by atoms with Crippen molar-refractivity contribution in [2.75, 3.05) is 40.0 Å². The minimum atomic E-state index is -0.0408. The molecular weight excluding hydrogens is 254 g/mol. The van der Waals surface area contributed by atoms with E-state index in [-0.39, 0.29) is 5.60 Å². The highest BCUT2D eigenvalue weighted by Gasteiger charge is 2.29. The van der Waals surface area contributed by atoms with Gasteiger partial charge in [0, 0.05) is 40.0 Å². The molecule has 118 valence electrons. The van der Waals surface area contributed by atoms with Crippen LogP contribution in [0.4, 0.5) is 0 Å². The number of nitrogens with one attached hydrogen (secondary N) is 2. The summed E-state index contributed by atoms with van der Waals surface area (Å²) in [4.78, 5) is 4.23. The molecule has 0 aromatic carbocycles. The van der Waals surface area contributed by atoms with Crippen molar-refractivity contribution in [1.82, 2.24) is 10.6 Å². The minimum absolute atomic E-state index is 0.0408. The predicted molar refractivity (Wildman–Crippen MR) is 83.3 cm³/mol. The summed E-state index contributed by atoms with van der Waals surface area (Å²) in [6, 6.07) is 0. The van der Waals surface area contributed by atoms with Gasteiger partial charge in [-0.3, -0.25) is 4.99 Å². The maximum absolute atomic E-state index is 5.75. The van der Waals surface area contributed by atoms with Crippen LogP contribution in [0.15, 0.2) is 4.99 Å². The summed E-state index contributed by atoms with van der Waals surface area (Å²) in [5, 5.41) is 6.64. The summed E-state index contributed by atoms with van der Waals surface area (Å²) in [6.45, 7) is 8.57. The van der Waals surface area contributed by atoms with Crippen molar-refractivity contribution in [2.24, 2.45) is 4.99 Å². The maximum Gasteiger partial charge on any atom is 0.191 e. The van der Waals surface area contributed by atoms with Gasteiger partial charge in [-0.05, 0) is 32.6 Å². The van der Waals surface area contributed by atoms with Gasteiger partial charge in [0.05, 0.1) is 5.60 Å². The lowest BCUT2D eigenvalue weighted by atomic mass is 10.0. The molecule has 1 atom stereocenters. The van der Waals surface area contributed by atoms with E-state index in [9.17, 15) is 0 Å². The average molecular weight is 285 g/mol. The molecule has 1 aliphatic heterocycles. The van der Waals surface area contributed by atoms with Crippen molar-refractivity contribution >= 4 is 5.96 Å². The van der Waals surface area contributed by atoms with Gasteiger partial charge < -0.3 is 20.1 Å². The first kappa shape index (κ1) is 17.2. The molecule has 2 N–H and O–H groups in total. The fraction of sp³-hybridized carbons (Fsp3) is 0.933. The lowest BCUT2D eigenvalue weighted by Crippen LogP contribution is -2.45. The topological polar surface area (TPSA) is 54.9 Å². The molecule has 20 heavy (non-hydrogen) atoms. The lowest BCUT2D eigenvalue weighted by Gasteiger charge is -2.24. The molecule has 1 aliphatic rings. The second-order valence-corrected chi connectivity index (χ2v) is 5.57. The molecule has 1 unspecified atom stereocenters. The fourth-order valence-electron chi connectivity index (χ4n) is 2.20. The zero-order chi connectivity index (χ0) is 14.7. The van der Waals surface area contributed by atoms with Gasteiger partial charge in [0.2, 0.25) is 0 Å². The molecule has 0 spiro atoms. The zero-order valence-corrected chi connectivity index (χ0v) is 13.3. The van der Waals surface area contributed by atoms with E-state index in [0.717, 1.165) is 64.6 Å². The van der Waals surface area contributed by atoms with Crippen molar-refractivity contribution < 1.29 is 9.47 Å². The highest BCUT2D eigenvalue weighted by Crippen LogP contribution is 2.23. The third-order valence-corrected chi connectivity index (χ3v) is 3.55. The van der Waals surface area contributed by atoms with Crippen LogP contribution in [-0.4, -0.2) is 51.5 Å². The molecule has 0 saturated carbocycles. The van der Waals surface area contributed by atoms with Crippen LogP contribution < -0.4 is 10.6 Å². The Kier molecular flexibility index (Phi) is 8.62. The van der Waals surface area contributed by atoms with E-state index in [1.807, 2.05) is 0 Å². The van der Waals surface area contributed by atoms with E-state index in [0.29, 0.717) is 0 Å². The predicted octanol–water partition coefficient (Wildman–Crippen LogP) is 1.93. The summed E-state index contributed by atoms with van der Waals surface area (Å²) in [6.07, 6.45) is 5.60. The zero-order valence-electron chi connectivity index (χ0n) is 13.3. The summed E-state index contributed by atoms with van der Waals surface area (Å²) >= 11 is 0. The van der Waals surface area contributed by atoms with Gasteiger partial charge in [0.25, 0.3) is 0 Å². The van der Waals surface area contributed by atoms with Gasteiger partial charge in [0.1, 0.15) is 0 Å². The monoisotopic (exact) mass is 285 g/mol. The average Bonchev–Trinajstić information content (AvgIpc) is 2.88. The number of ether oxygens (including phenoxy) is 2. The molecule has 0 aromatic heterocycles. The molecule has 1 saturated heterocycles. The lowest BCUT2D eigenvalue weighted by molar-refractivity contribution is 0.0242. The number of hydrogen-bond acceptors (Lipinski definition) is 3. The van der Waals surface area contributed by atoms with Crippen LogP contribution >= 0.6 is 0 Å². The Morgan fingerprint density at radius 3 is 2.75 bits per heavy atom. The quantitative estimate of drug-likeness (QED) is 0.386. The molecule has 1 heterocycles. The van der Waals surface area contributed by atoms with Crippen LogP contribution in [0.1, 0.15) is 46.0 Å². The largest absolute Gasteiger partial charge is 0.381 e. The Labute approximate surface area is 123 Å². The Bertz CT molecular complexity index is 276. The number of aliphatic imine (C=N–C) groups is 1. The summed E-state index contributed by atoms with van der Waals surface area (Å²) < 4.78 is 11.3. The third kappa shape index (κ3) is 7.10. The fourth-order valence-corrected chi connectivity index (χ4v) is 2.20. The Morgan fingerprint density at radius 1 is 1.30 bits per heavy atom. The van der Waals surface area contributed by atoms with Crippen LogP contribution in [0.5, 0.6) is 0 Å². The number of hydrogen-bond donors (Lipinski definition) is 2. The molecule has 5 heteroatoms. The number of guanidine groups is 1. The van der Waals surface area contributed by atoms with Gasteiger partial charge in [-0.15, -0.1) is 0 Å². The highest BCUT2D eigenvalue weighted by atomic mass is 16.5. The van der Waals surface area contributed by atoms with Crippen LogP contribution in [0, 0.1) is 0 Å². The standard InChI is InChI=1S/C15H31N3O2/c1-4-5-10-19-11-7-9-17-14(16-3)18-13-15(2)8-6-12-20-15/h4-13H2,1-3H3,(H2,16,17,18). The summed E-state index contributed by atoms with van der Waals surface area (Å²) in [5.74, 6) is 0.843. The first-order valence-corrected chi connectivity index (χ1v) is 7.86. The first-order chi connectivity index (χ1) is 9.70. The molecule has 0 aliphatic carbocycles. The van der Waals surface area contributed by atoms with E-state index in [1.165, 1.54) is 6.42 Å². The molecule has 1 rings (SSSR count). The summed E-state index contributed by atoms with van der Waals surface area (Å²) in [7, 11) is 1.80. The Balaban J connectivity index is 2.05. The van der Waals surface area contributed by atoms with Crippen molar-refractivity contribution in [3.05, 3.63) is 0 Å². The van der Waals surface area contributed by atoms with E-state index in [2.05, 4.69) is 29.5 Å². The molecule has 0 radical (unpaired) electrons. The molecule has 0 bridgehead atoms. The molecule has 1 fully saturated rings. The van der Waals surface area contributed by atoms with Crippen molar-refractivity contribution in [2.45, 2.75) is 51.6 Å². The summed E-state index contributed by atoms with van der Waals surface area (Å²) in [5.41, 5.74) is -0.0408. The smallest absolute Gasteiger partial charge is 0.191 e. The Hall–Kier alpha value is -0.810. The van der Waals surface area contributed by atoms with Crippen molar-refractivity contribution in [3.63, 3.8) is 0 Å². The van der Waals surface area contributed by atoms with Crippen molar-refractivity contribution in [3.8, 4) is 0 Å². The van der Waals surface area contributed by atoms with E-state index >= 15 is 0 Å². The van der Waals surface area contributed by atoms with Crippen LogP contribution in [0.2, 0.25) is 0 Å². The minimum Gasteiger partial charge on any atom is -0.381 e. The van der Waals surface area contributed by atoms with Crippen molar-refractivity contribution in [1.29, 1.82) is 0 Å². The third-order valence-electron chi connectivity index (χ3n) is 3.55. The highest BCUT2D eigenvalue weighted by molar-refractivity contribution is 5.79. The molecule has 0 amide bonds. The van der Waals surface area contributed by atoms with Crippen LogP contribution in [-0.2, 0) is 9.47 Å². The first-order valence-electron chi connectivity index (χ1n) is 7.86. The van der Waals surface area contributed by atoms with Gasteiger partial charge >= 0.3 is 0 Å². The van der Waals surface area contributed by atoms with E-state index in [1.54, 1.807) is 7.05 Å². The van der Waals surface area contributed by atoms with E-state index < -0.39 is 0 Å². The van der Waals surface area contributed by atoms with Gasteiger partial charge in [-0.1, -0.05) is 13.3 Å². The van der Waals surface area contributed by atoms with Gasteiger partial charge in [-0.2, -0.15) is 0 Å².